The van der Waals surface area contributed by atoms with Crippen LogP contribution in [0.4, 0.5) is 4.39 Å². The molecule has 1 rings (SSSR count). The van der Waals surface area contributed by atoms with Gasteiger partial charge in [0.05, 0.1) is 7.11 Å². The Morgan fingerprint density at radius 1 is 1.55 bits per heavy atom. The first kappa shape index (κ1) is 8.14. The molecule has 1 aromatic carbocycles. The van der Waals surface area contributed by atoms with E-state index in [2.05, 4.69) is 4.74 Å². The molecular weight excluding hydrogens is 171 g/mol. The van der Waals surface area contributed by atoms with Crippen molar-refractivity contribution in [3.8, 4) is 11.5 Å². The summed E-state index contributed by atoms with van der Waals surface area (Å²) in [6, 6.07) is 2.40. The molecule has 0 bridgehead atoms. The highest BCUT2D eigenvalue weighted by Crippen LogP contribution is 2.29. The number of phenols is 1. The average molecular weight is 177 g/mol. The molecule has 11 heavy (non-hydrogen) atoms. The van der Waals surface area contributed by atoms with E-state index in [0.717, 1.165) is 6.07 Å². The Kier molecular flexibility index (Phi) is 2.19. The minimum atomic E-state index is -0.795. The maximum Gasteiger partial charge on any atom is 0.206 e. The monoisotopic (exact) mass is 176 g/mol. The molecule has 0 spiro atoms. The first-order valence-electron chi connectivity index (χ1n) is 2.87. The molecule has 0 saturated carbocycles. The fourth-order valence-corrected chi connectivity index (χ4v) is 0.901. The highest BCUT2D eigenvalue weighted by atomic mass is 35.5. The Morgan fingerprint density at radius 3 is 2.73 bits per heavy atom. The molecule has 2 nitrogen and oxygen atoms in total. The Morgan fingerprint density at radius 2 is 2.18 bits per heavy atom. The van der Waals surface area contributed by atoms with Gasteiger partial charge in [-0.2, -0.15) is 4.39 Å². The lowest BCUT2D eigenvalue weighted by Gasteiger charge is -2.02. The van der Waals surface area contributed by atoms with Crippen molar-refractivity contribution in [1.29, 1.82) is 0 Å². The Labute approximate surface area is 68.2 Å². The molecule has 60 valence electrons. The Balaban J connectivity index is 3.24. The van der Waals surface area contributed by atoms with Crippen molar-refractivity contribution >= 4 is 11.6 Å². The molecule has 0 amide bonds. The normalized spacial score (nSPS) is 9.73. The van der Waals surface area contributed by atoms with E-state index in [0.29, 0.717) is 0 Å². The van der Waals surface area contributed by atoms with Crippen molar-refractivity contribution in [2.45, 2.75) is 0 Å². The van der Waals surface area contributed by atoms with Gasteiger partial charge in [0.1, 0.15) is 0 Å². The van der Waals surface area contributed by atoms with E-state index < -0.39 is 11.6 Å². The summed E-state index contributed by atoms with van der Waals surface area (Å²) in [6.07, 6.45) is 0. The van der Waals surface area contributed by atoms with Crippen LogP contribution in [-0.2, 0) is 0 Å². The van der Waals surface area contributed by atoms with E-state index in [4.69, 9.17) is 16.7 Å². The molecular formula is C7H6ClFO2. The van der Waals surface area contributed by atoms with Crippen LogP contribution < -0.4 is 4.74 Å². The molecule has 4 heteroatoms. The number of rotatable bonds is 1. The molecule has 0 aromatic heterocycles. The van der Waals surface area contributed by atoms with Gasteiger partial charge in [-0.1, -0.05) is 11.6 Å². The third kappa shape index (κ3) is 1.54. The third-order valence-electron chi connectivity index (χ3n) is 1.20. The zero-order valence-corrected chi connectivity index (χ0v) is 6.52. The molecule has 1 aromatic rings. The lowest BCUT2D eigenvalue weighted by Crippen LogP contribution is -1.87. The lowest BCUT2D eigenvalue weighted by atomic mass is 10.3. The third-order valence-corrected chi connectivity index (χ3v) is 1.42. The summed E-state index contributed by atoms with van der Waals surface area (Å²) >= 11 is 5.49. The molecule has 0 aliphatic heterocycles. The van der Waals surface area contributed by atoms with Crippen LogP contribution in [0.25, 0.3) is 0 Å². The number of aromatic hydroxyl groups is 1. The summed E-state index contributed by atoms with van der Waals surface area (Å²) in [7, 11) is 1.30. The summed E-state index contributed by atoms with van der Waals surface area (Å²) in [6.45, 7) is 0. The zero-order chi connectivity index (χ0) is 8.43. The van der Waals surface area contributed by atoms with Crippen molar-refractivity contribution in [3.05, 3.63) is 23.0 Å². The van der Waals surface area contributed by atoms with Gasteiger partial charge in [-0.05, 0) is 0 Å². The van der Waals surface area contributed by atoms with Gasteiger partial charge in [-0.15, -0.1) is 0 Å². The summed E-state index contributed by atoms with van der Waals surface area (Å²) < 4.78 is 17.3. The second-order valence-corrected chi connectivity index (χ2v) is 2.38. The Bertz CT molecular complexity index is 275. The average Bonchev–Trinajstić information content (AvgIpc) is 1.96. The number of hydrogen-bond donors (Lipinski definition) is 1. The molecule has 0 saturated heterocycles. The van der Waals surface area contributed by atoms with E-state index in [9.17, 15) is 4.39 Å². The van der Waals surface area contributed by atoms with Crippen LogP contribution in [-0.4, -0.2) is 12.2 Å². The van der Waals surface area contributed by atoms with Crippen LogP contribution in [0.15, 0.2) is 12.1 Å². The molecule has 0 aliphatic rings. The molecule has 0 heterocycles. The molecule has 0 unspecified atom stereocenters. The fourth-order valence-electron chi connectivity index (χ4n) is 0.699. The second kappa shape index (κ2) is 2.96. The summed E-state index contributed by atoms with van der Waals surface area (Å²) in [5, 5.41) is 9.11. The highest BCUT2D eigenvalue weighted by Gasteiger charge is 2.08. The number of ether oxygens (including phenoxy) is 1. The van der Waals surface area contributed by atoms with Crippen LogP contribution in [0.2, 0.25) is 5.02 Å². The van der Waals surface area contributed by atoms with Crippen molar-refractivity contribution < 1.29 is 14.2 Å². The highest BCUT2D eigenvalue weighted by molar-refractivity contribution is 6.30. The Hall–Kier alpha value is -0.960. The van der Waals surface area contributed by atoms with Crippen molar-refractivity contribution in [1.82, 2.24) is 0 Å². The SMILES string of the molecule is COc1cc(Cl)cc(O)c1F. The van der Waals surface area contributed by atoms with E-state index in [-0.39, 0.29) is 10.8 Å². The van der Waals surface area contributed by atoms with Gasteiger partial charge in [-0.25, -0.2) is 0 Å². The van der Waals surface area contributed by atoms with E-state index in [1.165, 1.54) is 13.2 Å². The summed E-state index contributed by atoms with van der Waals surface area (Å²) in [5.74, 6) is -1.36. The minimum Gasteiger partial charge on any atom is -0.505 e. The molecule has 1 N–H and O–H groups in total. The van der Waals surface area contributed by atoms with Gasteiger partial charge in [0.25, 0.3) is 0 Å². The summed E-state index contributed by atoms with van der Waals surface area (Å²) in [4.78, 5) is 0. The predicted molar refractivity (Wildman–Crippen MR) is 39.6 cm³/mol. The lowest BCUT2D eigenvalue weighted by molar-refractivity contribution is 0.364. The molecule has 0 aliphatic carbocycles. The zero-order valence-electron chi connectivity index (χ0n) is 5.77. The van der Waals surface area contributed by atoms with E-state index in [1.807, 2.05) is 0 Å². The smallest absolute Gasteiger partial charge is 0.206 e. The molecule has 0 atom stereocenters. The fraction of sp³-hybridized carbons (Fsp3) is 0.143. The quantitative estimate of drug-likeness (QED) is 0.711. The minimum absolute atomic E-state index is 0.0602. The van der Waals surface area contributed by atoms with E-state index in [1.54, 1.807) is 0 Å². The van der Waals surface area contributed by atoms with Gasteiger partial charge >= 0.3 is 0 Å². The van der Waals surface area contributed by atoms with Crippen molar-refractivity contribution in [2.75, 3.05) is 7.11 Å². The van der Waals surface area contributed by atoms with Gasteiger partial charge < -0.3 is 9.84 Å². The van der Waals surface area contributed by atoms with Gasteiger partial charge in [0.15, 0.2) is 11.5 Å². The van der Waals surface area contributed by atoms with Gasteiger partial charge in [-0.3, -0.25) is 0 Å². The van der Waals surface area contributed by atoms with Crippen molar-refractivity contribution in [3.63, 3.8) is 0 Å². The maximum atomic E-state index is 12.7. The van der Waals surface area contributed by atoms with Crippen LogP contribution in [0.1, 0.15) is 0 Å². The number of benzene rings is 1. The summed E-state index contributed by atoms with van der Waals surface area (Å²) in [5.41, 5.74) is 0. The van der Waals surface area contributed by atoms with Crippen LogP contribution in [0.3, 0.4) is 0 Å². The van der Waals surface area contributed by atoms with Gasteiger partial charge in [0, 0.05) is 17.2 Å². The number of phenolic OH excluding ortho intramolecular Hbond substituents is 1. The van der Waals surface area contributed by atoms with Crippen LogP contribution >= 0.6 is 11.6 Å². The maximum absolute atomic E-state index is 12.7. The topological polar surface area (TPSA) is 29.5 Å². The first-order valence-corrected chi connectivity index (χ1v) is 3.25. The number of halogens is 2. The van der Waals surface area contributed by atoms with Crippen LogP contribution in [0, 0.1) is 5.82 Å². The van der Waals surface area contributed by atoms with Crippen molar-refractivity contribution in [2.24, 2.45) is 0 Å². The standard InChI is InChI=1S/C7H6ClFO2/c1-11-6-3-4(8)2-5(10)7(6)9/h2-3,10H,1H3. The van der Waals surface area contributed by atoms with Gasteiger partial charge in [0.2, 0.25) is 5.82 Å². The van der Waals surface area contributed by atoms with Crippen LogP contribution in [0.5, 0.6) is 11.5 Å². The second-order valence-electron chi connectivity index (χ2n) is 1.94. The largest absolute Gasteiger partial charge is 0.505 e. The molecule has 0 fully saturated rings. The molecule has 0 radical (unpaired) electrons. The number of hydrogen-bond acceptors (Lipinski definition) is 2. The predicted octanol–water partition coefficient (Wildman–Crippen LogP) is 2.19. The van der Waals surface area contributed by atoms with E-state index >= 15 is 0 Å². The first-order chi connectivity index (χ1) is 5.15. The number of methoxy groups -OCH3 is 1.